The van der Waals surface area contributed by atoms with Crippen molar-refractivity contribution in [3.63, 3.8) is 0 Å². The van der Waals surface area contributed by atoms with Crippen LogP contribution in [0.1, 0.15) is 0 Å². The maximum atomic E-state index is 2.44. The lowest BCUT2D eigenvalue weighted by Crippen LogP contribution is -2.10. The zero-order valence-electron chi connectivity index (χ0n) is 38.3. The van der Waals surface area contributed by atoms with Crippen LogP contribution in [0.25, 0.3) is 59.8 Å². The van der Waals surface area contributed by atoms with Gasteiger partial charge in [-0.15, -0.1) is 0 Å². The van der Waals surface area contributed by atoms with E-state index in [1.54, 1.807) is 0 Å². The number of hydrogen-bond donors (Lipinski definition) is 0. The van der Waals surface area contributed by atoms with Gasteiger partial charge in [-0.2, -0.15) is 0 Å². The van der Waals surface area contributed by atoms with Crippen molar-refractivity contribution < 1.29 is 0 Å². The topological polar surface area (TPSA) is 14.7 Å². The molecular weight excluding hydrogens is 849 g/mol. The summed E-state index contributed by atoms with van der Waals surface area (Å²) in [4.78, 5) is 7.13. The van der Waals surface area contributed by atoms with E-state index >= 15 is 0 Å². The Morgan fingerprint density at radius 3 is 0.886 bits per heavy atom. The summed E-state index contributed by atoms with van der Waals surface area (Å²) in [6.07, 6.45) is 0. The van der Waals surface area contributed by atoms with Gasteiger partial charge in [0.15, 0.2) is 0 Å². The zero-order chi connectivity index (χ0) is 46.4. The maximum absolute atomic E-state index is 2.44. The molecule has 0 fully saturated rings. The van der Waals surface area contributed by atoms with Gasteiger partial charge in [0.1, 0.15) is 0 Å². The lowest BCUT2D eigenvalue weighted by atomic mass is 10.1. The maximum Gasteiger partial charge on any atom is 0.0542 e. The molecule has 0 saturated carbocycles. The van der Waals surface area contributed by atoms with Gasteiger partial charge in [-0.05, 0) is 160 Å². The van der Waals surface area contributed by atoms with Crippen molar-refractivity contribution >= 4 is 105 Å². The van der Waals surface area contributed by atoms with Crippen LogP contribution in [0.5, 0.6) is 0 Å². The third-order valence-electron chi connectivity index (χ3n) is 13.6. The summed E-state index contributed by atoms with van der Waals surface area (Å²) in [5.41, 5.74) is 13.1. The lowest BCUT2D eigenvalue weighted by molar-refractivity contribution is 1.17. The first-order chi connectivity index (χ1) is 34.7. The zero-order valence-corrected chi connectivity index (χ0v) is 38.3. The number of benzene rings is 12. The number of anilines is 9. The fraction of sp³-hybridized carbons (Fsp3) is 0. The van der Waals surface area contributed by atoms with Crippen LogP contribution in [0.4, 0.5) is 51.2 Å². The fourth-order valence-corrected chi connectivity index (χ4v) is 10.3. The minimum Gasteiger partial charge on any atom is -0.310 e. The third-order valence-corrected chi connectivity index (χ3v) is 13.6. The van der Waals surface area contributed by atoms with E-state index < -0.39 is 0 Å². The summed E-state index contributed by atoms with van der Waals surface area (Å²) in [6.45, 7) is 0. The molecule has 0 aliphatic heterocycles. The molecule has 0 saturated heterocycles. The predicted octanol–water partition coefficient (Wildman–Crippen LogP) is 18.7. The van der Waals surface area contributed by atoms with Crippen LogP contribution in [0.2, 0.25) is 0 Å². The van der Waals surface area contributed by atoms with Gasteiger partial charge in [-0.1, -0.05) is 152 Å². The molecule has 0 aliphatic rings. The second-order valence-corrected chi connectivity index (χ2v) is 17.9. The van der Waals surface area contributed by atoms with E-state index in [9.17, 15) is 0 Å². The van der Waals surface area contributed by atoms with Crippen molar-refractivity contribution in [2.24, 2.45) is 0 Å². The highest BCUT2D eigenvalue weighted by molar-refractivity contribution is 6.12. The summed E-state index contributed by atoms with van der Waals surface area (Å²) in [5.74, 6) is 0. The van der Waals surface area contributed by atoms with Crippen LogP contribution in [0, 0.1) is 0 Å². The van der Waals surface area contributed by atoms with Crippen LogP contribution in [-0.4, -0.2) is 4.57 Å². The second kappa shape index (κ2) is 17.4. The third kappa shape index (κ3) is 7.36. The molecule has 70 heavy (non-hydrogen) atoms. The molecule has 330 valence electrons. The minimum atomic E-state index is 1.07. The van der Waals surface area contributed by atoms with Crippen molar-refractivity contribution in [2.75, 3.05) is 14.7 Å². The van der Waals surface area contributed by atoms with Gasteiger partial charge < -0.3 is 19.3 Å². The van der Waals surface area contributed by atoms with Crippen LogP contribution in [0.3, 0.4) is 0 Å². The molecule has 0 amide bonds. The van der Waals surface area contributed by atoms with E-state index in [4.69, 9.17) is 0 Å². The van der Waals surface area contributed by atoms with Crippen LogP contribution in [-0.2, 0) is 0 Å². The molecule has 0 bridgehead atoms. The molecule has 0 radical (unpaired) electrons. The number of nitrogens with zero attached hydrogens (tertiary/aromatic N) is 4. The van der Waals surface area contributed by atoms with Gasteiger partial charge in [0.2, 0.25) is 0 Å². The summed E-state index contributed by atoms with van der Waals surface area (Å²) in [5, 5.41) is 9.56. The molecular formula is C66H46N4. The number of para-hydroxylation sites is 3. The number of fused-ring (bicyclic) bond motifs is 6. The van der Waals surface area contributed by atoms with E-state index in [2.05, 4.69) is 298 Å². The molecule has 0 atom stereocenters. The van der Waals surface area contributed by atoms with Crippen molar-refractivity contribution in [3.05, 3.63) is 279 Å². The summed E-state index contributed by atoms with van der Waals surface area (Å²) < 4.78 is 2.44. The summed E-state index contributed by atoms with van der Waals surface area (Å²) in [6, 6.07) is 101. The Morgan fingerprint density at radius 2 is 0.500 bits per heavy atom. The average Bonchev–Trinajstić information content (AvgIpc) is 3.75. The smallest absolute Gasteiger partial charge is 0.0542 e. The Bertz CT molecular complexity index is 3850. The average molecular weight is 895 g/mol. The highest BCUT2D eigenvalue weighted by atomic mass is 15.2. The number of hydrogen-bond acceptors (Lipinski definition) is 3. The summed E-state index contributed by atoms with van der Waals surface area (Å²) >= 11 is 0. The van der Waals surface area contributed by atoms with Crippen molar-refractivity contribution in [2.45, 2.75) is 0 Å². The Morgan fingerprint density at radius 1 is 0.200 bits per heavy atom. The Labute approximate surface area is 407 Å². The van der Waals surface area contributed by atoms with Crippen molar-refractivity contribution in [1.82, 2.24) is 4.57 Å². The highest BCUT2D eigenvalue weighted by Gasteiger charge is 2.22. The highest BCUT2D eigenvalue weighted by Crippen LogP contribution is 2.45. The van der Waals surface area contributed by atoms with E-state index in [0.29, 0.717) is 0 Å². The second-order valence-electron chi connectivity index (χ2n) is 17.9. The molecule has 0 spiro atoms. The Balaban J connectivity index is 1.04. The molecule has 1 aromatic heterocycles. The SMILES string of the molecule is c1ccc(N(c2cccc(-n3c4ccc(N(c5ccccc5)c5ccc6ccccc6c5)cc4c4cc(N(c5ccccc5)c5ccc6ccccc6c5)ccc43)c2)c2ccc3ccccc3c2)cc1. The van der Waals surface area contributed by atoms with Gasteiger partial charge in [0.25, 0.3) is 0 Å². The van der Waals surface area contributed by atoms with Gasteiger partial charge in [-0.25, -0.2) is 0 Å². The lowest BCUT2D eigenvalue weighted by Gasteiger charge is -2.27. The Kier molecular flexibility index (Phi) is 10.1. The molecule has 4 heteroatoms. The molecule has 4 nitrogen and oxygen atoms in total. The minimum absolute atomic E-state index is 1.07. The molecule has 12 aromatic carbocycles. The van der Waals surface area contributed by atoms with Gasteiger partial charge in [0.05, 0.1) is 11.0 Å². The predicted molar refractivity (Wildman–Crippen MR) is 297 cm³/mol. The molecule has 0 N–H and O–H groups in total. The van der Waals surface area contributed by atoms with E-state index in [-0.39, 0.29) is 0 Å². The molecule has 0 unspecified atom stereocenters. The molecule has 13 rings (SSSR count). The van der Waals surface area contributed by atoms with Crippen LogP contribution in [0.15, 0.2) is 279 Å². The normalized spacial score (nSPS) is 11.4. The first-order valence-corrected chi connectivity index (χ1v) is 23.9. The first kappa shape index (κ1) is 40.9. The Hall–Kier alpha value is -9.38. The standard InChI is InChI=1S/C66H46N4/c1-4-23-53(24-5-1)67(58-34-31-47-17-10-13-20-50(47)41-58)56-29-16-30-57(44-56)70-65-39-37-61(68(54-25-6-2-7-26-54)59-35-32-48-18-11-14-21-51(48)42-59)45-63(65)64-46-62(38-40-66(64)70)69(55-27-8-3-9-28-55)60-36-33-49-19-12-15-22-52(49)43-60/h1-46H. The molecule has 1 heterocycles. The summed E-state index contributed by atoms with van der Waals surface area (Å²) in [7, 11) is 0. The number of rotatable bonds is 10. The van der Waals surface area contributed by atoms with E-state index in [0.717, 1.165) is 78.7 Å². The van der Waals surface area contributed by atoms with Crippen molar-refractivity contribution in [3.8, 4) is 5.69 Å². The van der Waals surface area contributed by atoms with Crippen LogP contribution < -0.4 is 14.7 Å². The van der Waals surface area contributed by atoms with Gasteiger partial charge >= 0.3 is 0 Å². The van der Waals surface area contributed by atoms with Crippen LogP contribution >= 0.6 is 0 Å². The number of aromatic nitrogens is 1. The molecule has 13 aromatic rings. The first-order valence-electron chi connectivity index (χ1n) is 23.9. The largest absolute Gasteiger partial charge is 0.310 e. The monoisotopic (exact) mass is 894 g/mol. The van der Waals surface area contributed by atoms with E-state index in [1.165, 1.54) is 32.3 Å². The van der Waals surface area contributed by atoms with Gasteiger partial charge in [0, 0.05) is 67.6 Å². The van der Waals surface area contributed by atoms with Crippen molar-refractivity contribution in [1.29, 1.82) is 0 Å². The molecule has 0 aliphatic carbocycles. The van der Waals surface area contributed by atoms with E-state index in [1.807, 2.05) is 0 Å². The fourth-order valence-electron chi connectivity index (χ4n) is 10.3. The van der Waals surface area contributed by atoms with Gasteiger partial charge in [-0.3, -0.25) is 0 Å². The quantitative estimate of drug-likeness (QED) is 0.136.